The van der Waals surface area contributed by atoms with Crippen molar-refractivity contribution in [3.63, 3.8) is 0 Å². The molecule has 0 aliphatic heterocycles. The molecule has 0 saturated heterocycles. The van der Waals surface area contributed by atoms with Gasteiger partial charge in [0.15, 0.2) is 0 Å². The number of sulfonamides is 1. The second-order valence-corrected chi connectivity index (χ2v) is 6.12. The zero-order valence-electron chi connectivity index (χ0n) is 10.4. The fraction of sp³-hybridized carbons (Fsp3) is 0.455. The number of nitrogens with two attached hydrogens (primary N) is 1. The van der Waals surface area contributed by atoms with Crippen molar-refractivity contribution in [2.75, 3.05) is 31.7 Å². The van der Waals surface area contributed by atoms with Gasteiger partial charge in [0.1, 0.15) is 0 Å². The molecule has 0 heterocycles. The van der Waals surface area contributed by atoms with Crippen molar-refractivity contribution in [1.29, 1.82) is 0 Å². The van der Waals surface area contributed by atoms with Crippen LogP contribution in [0.4, 0.5) is 11.4 Å². The molecule has 6 heteroatoms. The Morgan fingerprint density at radius 1 is 1.35 bits per heavy atom. The normalized spacial score (nSPS) is 11.8. The molecule has 0 fully saturated rings. The fourth-order valence-corrected chi connectivity index (χ4v) is 2.27. The Morgan fingerprint density at radius 2 is 2.00 bits per heavy atom. The summed E-state index contributed by atoms with van der Waals surface area (Å²) in [6.07, 6.45) is 0.983. The van der Waals surface area contributed by atoms with Gasteiger partial charge >= 0.3 is 0 Å². The lowest BCUT2D eigenvalue weighted by atomic mass is 10.2. The molecule has 3 N–H and O–H groups in total. The molecule has 1 aromatic rings. The lowest BCUT2D eigenvalue weighted by molar-refractivity contribution is 0.521. The van der Waals surface area contributed by atoms with E-state index in [1.54, 1.807) is 12.1 Å². The van der Waals surface area contributed by atoms with Crippen molar-refractivity contribution in [2.45, 2.75) is 18.2 Å². The van der Waals surface area contributed by atoms with Gasteiger partial charge in [-0.3, -0.25) is 0 Å². The molecule has 1 rings (SSSR count). The Morgan fingerprint density at radius 3 is 2.47 bits per heavy atom. The number of hydrogen-bond acceptors (Lipinski definition) is 4. The van der Waals surface area contributed by atoms with E-state index in [4.69, 9.17) is 5.73 Å². The molecule has 0 bridgehead atoms. The Balaban J connectivity index is 3.05. The highest BCUT2D eigenvalue weighted by molar-refractivity contribution is 7.89. The highest BCUT2D eigenvalue weighted by atomic mass is 32.2. The van der Waals surface area contributed by atoms with E-state index in [2.05, 4.69) is 5.32 Å². The van der Waals surface area contributed by atoms with Crippen molar-refractivity contribution >= 4 is 21.4 Å². The minimum atomic E-state index is -3.41. The van der Waals surface area contributed by atoms with Gasteiger partial charge in [-0.15, -0.1) is 0 Å². The van der Waals surface area contributed by atoms with Crippen LogP contribution in [0, 0.1) is 0 Å². The fourth-order valence-electron chi connectivity index (χ4n) is 1.33. The first-order chi connectivity index (χ1) is 7.89. The summed E-state index contributed by atoms with van der Waals surface area (Å²) >= 11 is 0. The third-order valence-corrected chi connectivity index (χ3v) is 4.18. The number of nitrogen functional groups attached to an aromatic ring is 1. The van der Waals surface area contributed by atoms with Crippen LogP contribution in [0.15, 0.2) is 23.1 Å². The molecule has 0 saturated carbocycles. The Kier molecular flexibility index (Phi) is 4.36. The summed E-state index contributed by atoms with van der Waals surface area (Å²) in [5, 5.41) is 3.14. The van der Waals surface area contributed by atoms with Crippen LogP contribution in [0.1, 0.15) is 13.3 Å². The topological polar surface area (TPSA) is 75.4 Å². The van der Waals surface area contributed by atoms with Crippen molar-refractivity contribution < 1.29 is 8.42 Å². The van der Waals surface area contributed by atoms with E-state index in [0.29, 0.717) is 5.69 Å². The molecule has 0 spiro atoms. The molecule has 0 aliphatic rings. The van der Waals surface area contributed by atoms with E-state index in [1.807, 2.05) is 6.92 Å². The second-order valence-electron chi connectivity index (χ2n) is 3.96. The standard InChI is InChI=1S/C11H19N3O2S/c1-4-7-13-11-6-5-9(8-10(11)12)17(15,16)14(2)3/h5-6,8,13H,4,7,12H2,1-3H3. The van der Waals surface area contributed by atoms with Gasteiger partial charge in [0.2, 0.25) is 10.0 Å². The Hall–Kier alpha value is -1.27. The summed E-state index contributed by atoms with van der Waals surface area (Å²) in [6.45, 7) is 2.86. The van der Waals surface area contributed by atoms with Crippen LogP contribution in [-0.4, -0.2) is 33.4 Å². The number of hydrogen-bond donors (Lipinski definition) is 2. The highest BCUT2D eigenvalue weighted by Gasteiger charge is 2.17. The highest BCUT2D eigenvalue weighted by Crippen LogP contribution is 2.23. The van der Waals surface area contributed by atoms with E-state index in [0.717, 1.165) is 18.7 Å². The second kappa shape index (κ2) is 5.37. The van der Waals surface area contributed by atoms with Crippen LogP contribution in [-0.2, 0) is 10.0 Å². The SMILES string of the molecule is CCCNc1ccc(S(=O)(=O)N(C)C)cc1N. The van der Waals surface area contributed by atoms with Crippen LogP contribution in [0.3, 0.4) is 0 Å². The van der Waals surface area contributed by atoms with E-state index in [9.17, 15) is 8.42 Å². The Bertz CT molecular complexity index is 483. The molecule has 0 amide bonds. The van der Waals surface area contributed by atoms with Crippen molar-refractivity contribution in [3.05, 3.63) is 18.2 Å². The summed E-state index contributed by atoms with van der Waals surface area (Å²) in [7, 11) is -0.421. The van der Waals surface area contributed by atoms with Gasteiger partial charge < -0.3 is 11.1 Å². The molecular formula is C11H19N3O2S. The molecule has 17 heavy (non-hydrogen) atoms. The lowest BCUT2D eigenvalue weighted by Gasteiger charge is -2.14. The van der Waals surface area contributed by atoms with Crippen LogP contribution < -0.4 is 11.1 Å². The molecule has 0 unspecified atom stereocenters. The zero-order valence-corrected chi connectivity index (χ0v) is 11.2. The van der Waals surface area contributed by atoms with Crippen LogP contribution in [0.2, 0.25) is 0 Å². The van der Waals surface area contributed by atoms with Gasteiger partial charge in [0, 0.05) is 20.6 Å². The van der Waals surface area contributed by atoms with Crippen LogP contribution in [0.25, 0.3) is 0 Å². The molecule has 0 aromatic heterocycles. The summed E-state index contributed by atoms with van der Waals surface area (Å²) in [6, 6.07) is 4.73. The van der Waals surface area contributed by atoms with Crippen LogP contribution in [0.5, 0.6) is 0 Å². The summed E-state index contributed by atoms with van der Waals surface area (Å²) < 4.78 is 24.9. The van der Waals surface area contributed by atoms with Crippen molar-refractivity contribution in [2.24, 2.45) is 0 Å². The molecule has 0 aliphatic carbocycles. The van der Waals surface area contributed by atoms with E-state index in [1.165, 1.54) is 24.5 Å². The van der Waals surface area contributed by atoms with Gasteiger partial charge in [-0.25, -0.2) is 12.7 Å². The largest absolute Gasteiger partial charge is 0.397 e. The monoisotopic (exact) mass is 257 g/mol. The third-order valence-electron chi connectivity index (χ3n) is 2.37. The van der Waals surface area contributed by atoms with E-state index in [-0.39, 0.29) is 4.90 Å². The smallest absolute Gasteiger partial charge is 0.242 e. The molecule has 96 valence electrons. The van der Waals surface area contributed by atoms with Gasteiger partial charge in [0.05, 0.1) is 16.3 Å². The minimum Gasteiger partial charge on any atom is -0.397 e. The van der Waals surface area contributed by atoms with Crippen molar-refractivity contribution in [1.82, 2.24) is 4.31 Å². The summed E-state index contributed by atoms with van der Waals surface area (Å²) in [4.78, 5) is 0.210. The maximum absolute atomic E-state index is 11.9. The summed E-state index contributed by atoms with van der Waals surface area (Å²) in [5.74, 6) is 0. The number of nitrogens with one attached hydrogen (secondary N) is 1. The van der Waals surface area contributed by atoms with Crippen molar-refractivity contribution in [3.8, 4) is 0 Å². The maximum atomic E-state index is 11.9. The minimum absolute atomic E-state index is 0.210. The molecule has 5 nitrogen and oxygen atoms in total. The lowest BCUT2D eigenvalue weighted by Crippen LogP contribution is -2.22. The third kappa shape index (κ3) is 3.10. The summed E-state index contributed by atoms with van der Waals surface area (Å²) in [5.41, 5.74) is 7.03. The zero-order chi connectivity index (χ0) is 13.1. The van der Waals surface area contributed by atoms with Gasteiger partial charge in [-0.1, -0.05) is 6.92 Å². The average molecular weight is 257 g/mol. The first kappa shape index (κ1) is 13.8. The van der Waals surface area contributed by atoms with Gasteiger partial charge in [0.25, 0.3) is 0 Å². The maximum Gasteiger partial charge on any atom is 0.242 e. The predicted molar refractivity (Wildman–Crippen MR) is 70.5 cm³/mol. The van der Waals surface area contributed by atoms with Gasteiger partial charge in [-0.05, 0) is 24.6 Å². The molecular weight excluding hydrogens is 238 g/mol. The van der Waals surface area contributed by atoms with Gasteiger partial charge in [-0.2, -0.15) is 0 Å². The number of benzene rings is 1. The predicted octanol–water partition coefficient (Wildman–Crippen LogP) is 1.34. The molecule has 0 atom stereocenters. The van der Waals surface area contributed by atoms with E-state index < -0.39 is 10.0 Å². The molecule has 0 radical (unpaired) electrons. The van der Waals surface area contributed by atoms with Crippen LogP contribution >= 0.6 is 0 Å². The Labute approximate surface area is 103 Å². The first-order valence-corrected chi connectivity index (χ1v) is 6.89. The quantitative estimate of drug-likeness (QED) is 0.781. The molecule has 1 aromatic carbocycles. The number of rotatable bonds is 5. The average Bonchev–Trinajstić information content (AvgIpc) is 2.27. The van der Waals surface area contributed by atoms with E-state index >= 15 is 0 Å². The number of nitrogens with zero attached hydrogens (tertiary/aromatic N) is 1. The number of anilines is 2. The first-order valence-electron chi connectivity index (χ1n) is 5.45.